The zero-order chi connectivity index (χ0) is 18.8. The van der Waals surface area contributed by atoms with Gasteiger partial charge in [0, 0.05) is 5.75 Å². The predicted octanol–water partition coefficient (Wildman–Crippen LogP) is 2.89. The van der Waals surface area contributed by atoms with Crippen molar-refractivity contribution in [1.29, 1.82) is 0 Å². The van der Waals surface area contributed by atoms with E-state index in [2.05, 4.69) is 15.2 Å². The summed E-state index contributed by atoms with van der Waals surface area (Å²) in [5.41, 5.74) is 1.41. The van der Waals surface area contributed by atoms with Crippen LogP contribution in [0.15, 0.2) is 69.3 Å². The number of rotatable bonds is 5. The van der Waals surface area contributed by atoms with E-state index in [0.29, 0.717) is 17.5 Å². The average molecular weight is 382 g/mol. The Labute approximate surface area is 157 Å². The lowest BCUT2D eigenvalue weighted by atomic mass is 10.2. The molecular formula is C19H15FN4O2S. The summed E-state index contributed by atoms with van der Waals surface area (Å²) in [6, 6.07) is 15.8. The molecule has 6 nitrogen and oxygen atoms in total. The molecule has 0 aliphatic carbocycles. The van der Waals surface area contributed by atoms with Gasteiger partial charge in [0.2, 0.25) is 0 Å². The second kappa shape index (κ2) is 7.24. The van der Waals surface area contributed by atoms with Gasteiger partial charge in [0.25, 0.3) is 11.1 Å². The number of benzene rings is 2. The van der Waals surface area contributed by atoms with Crippen LogP contribution in [0.1, 0.15) is 11.1 Å². The Morgan fingerprint density at radius 3 is 2.37 bits per heavy atom. The number of hydrogen-bond acceptors (Lipinski definition) is 4. The fourth-order valence-electron chi connectivity index (χ4n) is 2.80. The summed E-state index contributed by atoms with van der Waals surface area (Å²) in [7, 11) is 0. The molecule has 4 aromatic rings. The zero-order valence-electron chi connectivity index (χ0n) is 14.1. The van der Waals surface area contributed by atoms with Crippen LogP contribution in [-0.2, 0) is 12.3 Å². The molecular weight excluding hydrogens is 367 g/mol. The van der Waals surface area contributed by atoms with E-state index in [9.17, 15) is 14.0 Å². The normalized spacial score (nSPS) is 11.1. The van der Waals surface area contributed by atoms with Crippen molar-refractivity contribution in [3.8, 4) is 0 Å². The molecule has 0 unspecified atom stereocenters. The van der Waals surface area contributed by atoms with Crippen molar-refractivity contribution in [3.63, 3.8) is 0 Å². The highest BCUT2D eigenvalue weighted by molar-refractivity contribution is 7.98. The van der Waals surface area contributed by atoms with Crippen LogP contribution in [0, 0.1) is 5.82 Å². The monoisotopic (exact) mass is 382 g/mol. The second-order valence-corrected chi connectivity index (χ2v) is 6.93. The van der Waals surface area contributed by atoms with E-state index < -0.39 is 11.1 Å². The number of nitrogens with zero attached hydrogens (tertiary/aromatic N) is 2. The van der Waals surface area contributed by atoms with Crippen LogP contribution >= 0.6 is 11.8 Å². The Bertz CT molecular complexity index is 1200. The maximum absolute atomic E-state index is 13.1. The van der Waals surface area contributed by atoms with Crippen LogP contribution in [0.5, 0.6) is 0 Å². The number of H-pyrrole nitrogens is 2. The van der Waals surface area contributed by atoms with Crippen molar-refractivity contribution in [2.45, 2.75) is 17.5 Å². The number of aromatic nitrogens is 4. The minimum Gasteiger partial charge on any atom is -0.310 e. The van der Waals surface area contributed by atoms with Gasteiger partial charge in [0.15, 0.2) is 10.7 Å². The molecule has 2 aromatic heterocycles. The Hall–Kier alpha value is -3.13. The molecule has 4 rings (SSSR count). The molecule has 2 N–H and O–H groups in total. The molecule has 0 aliphatic heterocycles. The fraction of sp³-hybridized carbons (Fsp3) is 0.105. The van der Waals surface area contributed by atoms with Gasteiger partial charge < -0.3 is 4.57 Å². The minimum atomic E-state index is -0.444. The number of aromatic amines is 2. The fourth-order valence-corrected chi connectivity index (χ4v) is 3.76. The topological polar surface area (TPSA) is 83.5 Å². The third-order valence-electron chi connectivity index (χ3n) is 4.12. The van der Waals surface area contributed by atoms with E-state index in [4.69, 9.17) is 0 Å². The zero-order valence-corrected chi connectivity index (χ0v) is 14.9. The molecule has 0 radical (unpaired) electrons. The van der Waals surface area contributed by atoms with Crippen molar-refractivity contribution in [2.24, 2.45) is 0 Å². The lowest BCUT2D eigenvalue weighted by Gasteiger charge is -2.08. The third-order valence-corrected chi connectivity index (χ3v) is 5.16. The van der Waals surface area contributed by atoms with Crippen LogP contribution in [0.2, 0.25) is 0 Å². The minimum absolute atomic E-state index is 0.108. The van der Waals surface area contributed by atoms with E-state index in [-0.39, 0.29) is 16.9 Å². The van der Waals surface area contributed by atoms with Crippen molar-refractivity contribution >= 4 is 22.8 Å². The number of nitrogens with one attached hydrogen (secondary N) is 2. The standard InChI is InChI=1S/C19H15FN4O2S/c20-14-8-6-13(7-9-14)11-27-19-21-15-16(18(26)23-22-17(15)25)24(19)10-12-4-2-1-3-5-12/h1-9H,10-11H2,(H,22,25)(H,23,26). The summed E-state index contributed by atoms with van der Waals surface area (Å²) in [5.74, 6) is 0.243. The Kier molecular flexibility index (Phi) is 4.64. The highest BCUT2D eigenvalue weighted by Crippen LogP contribution is 2.25. The second-order valence-electron chi connectivity index (χ2n) is 5.99. The quantitative estimate of drug-likeness (QED) is 0.520. The van der Waals surface area contributed by atoms with E-state index in [1.165, 1.54) is 23.9 Å². The first-order valence-corrected chi connectivity index (χ1v) is 9.23. The van der Waals surface area contributed by atoms with Gasteiger partial charge in [-0.1, -0.05) is 54.2 Å². The van der Waals surface area contributed by atoms with Crippen LogP contribution in [0.25, 0.3) is 11.0 Å². The summed E-state index contributed by atoms with van der Waals surface area (Å²) >= 11 is 1.39. The molecule has 0 amide bonds. The Balaban J connectivity index is 1.76. The summed E-state index contributed by atoms with van der Waals surface area (Å²) in [6.45, 7) is 0.412. The van der Waals surface area contributed by atoms with Crippen LogP contribution in [0.3, 0.4) is 0 Å². The molecule has 27 heavy (non-hydrogen) atoms. The van der Waals surface area contributed by atoms with E-state index in [0.717, 1.165) is 11.1 Å². The van der Waals surface area contributed by atoms with Crippen molar-refractivity contribution in [1.82, 2.24) is 19.7 Å². The smallest absolute Gasteiger partial charge is 0.290 e. The maximum Gasteiger partial charge on any atom is 0.290 e. The average Bonchev–Trinajstić information content (AvgIpc) is 3.05. The number of fused-ring (bicyclic) bond motifs is 1. The van der Waals surface area contributed by atoms with Crippen molar-refractivity contribution < 1.29 is 4.39 Å². The van der Waals surface area contributed by atoms with E-state index >= 15 is 0 Å². The molecule has 0 saturated carbocycles. The first kappa shape index (κ1) is 17.3. The van der Waals surface area contributed by atoms with E-state index in [1.807, 2.05) is 30.3 Å². The van der Waals surface area contributed by atoms with Crippen LogP contribution in [-0.4, -0.2) is 19.7 Å². The molecule has 8 heteroatoms. The van der Waals surface area contributed by atoms with Crippen molar-refractivity contribution in [3.05, 3.63) is 92.2 Å². The lowest BCUT2D eigenvalue weighted by Crippen LogP contribution is -2.20. The van der Waals surface area contributed by atoms with Gasteiger partial charge in [0.05, 0.1) is 6.54 Å². The molecule has 0 atom stereocenters. The van der Waals surface area contributed by atoms with Gasteiger partial charge in [-0.3, -0.25) is 19.8 Å². The summed E-state index contributed by atoms with van der Waals surface area (Å²) < 4.78 is 14.8. The third kappa shape index (κ3) is 3.56. The number of halogens is 1. The van der Waals surface area contributed by atoms with Crippen LogP contribution < -0.4 is 11.1 Å². The lowest BCUT2D eigenvalue weighted by molar-refractivity contribution is 0.627. The largest absolute Gasteiger partial charge is 0.310 e. The molecule has 0 aliphatic rings. The van der Waals surface area contributed by atoms with Crippen LogP contribution in [0.4, 0.5) is 4.39 Å². The summed E-state index contributed by atoms with van der Waals surface area (Å²) in [6.07, 6.45) is 0. The summed E-state index contributed by atoms with van der Waals surface area (Å²) in [4.78, 5) is 28.8. The molecule has 136 valence electrons. The molecule has 2 heterocycles. The Morgan fingerprint density at radius 1 is 0.926 bits per heavy atom. The van der Waals surface area contributed by atoms with Gasteiger partial charge in [-0.2, -0.15) is 0 Å². The first-order valence-electron chi connectivity index (χ1n) is 8.24. The maximum atomic E-state index is 13.1. The SMILES string of the molecule is O=c1[nH][nH]c(=O)c2c1nc(SCc1ccc(F)cc1)n2Cc1ccccc1. The van der Waals surface area contributed by atoms with Crippen molar-refractivity contribution in [2.75, 3.05) is 0 Å². The van der Waals surface area contributed by atoms with E-state index in [1.54, 1.807) is 16.7 Å². The highest BCUT2D eigenvalue weighted by Gasteiger charge is 2.17. The number of imidazole rings is 1. The van der Waals surface area contributed by atoms with Gasteiger partial charge in [-0.05, 0) is 23.3 Å². The molecule has 0 fully saturated rings. The molecule has 2 aromatic carbocycles. The van der Waals surface area contributed by atoms with Gasteiger partial charge in [0.1, 0.15) is 11.3 Å². The van der Waals surface area contributed by atoms with Gasteiger partial charge in [-0.15, -0.1) is 0 Å². The van der Waals surface area contributed by atoms with Gasteiger partial charge in [-0.25, -0.2) is 9.37 Å². The molecule has 0 saturated heterocycles. The first-order chi connectivity index (χ1) is 13.1. The Morgan fingerprint density at radius 2 is 1.63 bits per heavy atom. The predicted molar refractivity (Wildman–Crippen MR) is 102 cm³/mol. The molecule has 0 bridgehead atoms. The number of thioether (sulfide) groups is 1. The highest BCUT2D eigenvalue weighted by atomic mass is 32.2. The molecule has 0 spiro atoms. The summed E-state index contributed by atoms with van der Waals surface area (Å²) in [5, 5.41) is 5.22. The number of hydrogen-bond donors (Lipinski definition) is 2. The van der Waals surface area contributed by atoms with Gasteiger partial charge >= 0.3 is 0 Å².